The number of fused-ring (bicyclic) bond motifs is 1. The molecule has 0 radical (unpaired) electrons. The molecule has 1 aliphatic heterocycles. The van der Waals surface area contributed by atoms with Gasteiger partial charge in [0, 0.05) is 34.4 Å². The second-order valence-corrected chi connectivity index (χ2v) is 8.76. The number of rotatable bonds is 6. The summed E-state index contributed by atoms with van der Waals surface area (Å²) < 4.78 is 13.7. The van der Waals surface area contributed by atoms with Gasteiger partial charge in [-0.1, -0.05) is 32.9 Å². The molecule has 1 aliphatic rings. The van der Waals surface area contributed by atoms with E-state index in [1.54, 1.807) is 41.3 Å². The topological polar surface area (TPSA) is 104 Å². The van der Waals surface area contributed by atoms with Crippen LogP contribution < -0.4 is 14.8 Å². The van der Waals surface area contributed by atoms with Crippen LogP contribution in [0.2, 0.25) is 0 Å². The Bertz CT molecular complexity index is 1280. The number of carbonyl (C=O) groups is 1. The largest absolute Gasteiger partial charge is 0.486 e. The maximum absolute atomic E-state index is 13.2. The monoisotopic (exact) mass is 524 g/mol. The van der Waals surface area contributed by atoms with Gasteiger partial charge >= 0.3 is 0 Å². The van der Waals surface area contributed by atoms with Crippen molar-refractivity contribution < 1.29 is 14.3 Å². The van der Waals surface area contributed by atoms with Gasteiger partial charge in [0.2, 0.25) is 0 Å². The van der Waals surface area contributed by atoms with E-state index in [0.29, 0.717) is 47.0 Å². The van der Waals surface area contributed by atoms with Gasteiger partial charge in [-0.15, -0.1) is 5.10 Å². The molecule has 9 nitrogen and oxygen atoms in total. The highest BCUT2D eigenvalue weighted by Gasteiger charge is 2.22. The number of amides is 1. The third-order valence-electron chi connectivity index (χ3n) is 4.73. The summed E-state index contributed by atoms with van der Waals surface area (Å²) in [5.41, 5.74) is 2.21. The van der Waals surface area contributed by atoms with Crippen LogP contribution in [-0.4, -0.2) is 44.1 Å². The Labute approximate surface area is 201 Å². The molecule has 2 aromatic heterocycles. The molecule has 0 saturated heterocycles. The molecule has 166 valence electrons. The molecule has 11 heteroatoms. The van der Waals surface area contributed by atoms with Gasteiger partial charge in [0.05, 0.1) is 11.4 Å². The zero-order valence-corrected chi connectivity index (χ0v) is 19.5. The Morgan fingerprint density at radius 2 is 1.82 bits per heavy atom. The smallest absolute Gasteiger partial charge is 0.278 e. The van der Waals surface area contributed by atoms with Crippen LogP contribution in [-0.2, 0) is 5.75 Å². The first kappa shape index (κ1) is 21.4. The normalized spacial score (nSPS) is 12.4. The van der Waals surface area contributed by atoms with Crippen molar-refractivity contribution in [3.05, 3.63) is 76.8 Å². The van der Waals surface area contributed by atoms with Crippen molar-refractivity contribution in [2.45, 2.75) is 10.9 Å². The number of hydrogen-bond donors (Lipinski definition) is 1. The fraction of sp³-hybridized carbons (Fsp3) is 0.136. The molecule has 0 bridgehead atoms. The Morgan fingerprint density at radius 1 is 1.06 bits per heavy atom. The van der Waals surface area contributed by atoms with Crippen LogP contribution in [0.3, 0.4) is 0 Å². The highest BCUT2D eigenvalue weighted by atomic mass is 79.9. The Balaban J connectivity index is 1.44. The van der Waals surface area contributed by atoms with Crippen LogP contribution in [0.25, 0.3) is 5.69 Å². The predicted molar refractivity (Wildman–Crippen MR) is 126 cm³/mol. The van der Waals surface area contributed by atoms with Crippen molar-refractivity contribution >= 4 is 39.3 Å². The minimum Gasteiger partial charge on any atom is -0.486 e. The van der Waals surface area contributed by atoms with Crippen molar-refractivity contribution in [2.24, 2.45) is 0 Å². The van der Waals surface area contributed by atoms with Crippen molar-refractivity contribution in [3.8, 4) is 17.2 Å². The number of hydrogen-bond acceptors (Lipinski definition) is 8. The molecule has 4 aromatic rings. The number of anilines is 1. The van der Waals surface area contributed by atoms with Crippen LogP contribution in [0, 0.1) is 0 Å². The van der Waals surface area contributed by atoms with E-state index in [0.717, 1.165) is 10.2 Å². The number of thioether (sulfide) groups is 1. The van der Waals surface area contributed by atoms with E-state index < -0.39 is 0 Å². The maximum Gasteiger partial charge on any atom is 0.278 e. The van der Waals surface area contributed by atoms with Crippen LogP contribution in [0.4, 0.5) is 5.69 Å². The molecule has 3 heterocycles. The zero-order valence-electron chi connectivity index (χ0n) is 17.1. The molecule has 0 atom stereocenters. The predicted octanol–water partition coefficient (Wildman–Crippen LogP) is 4.14. The van der Waals surface area contributed by atoms with Crippen LogP contribution in [0.5, 0.6) is 11.5 Å². The van der Waals surface area contributed by atoms with Crippen molar-refractivity contribution in [1.82, 2.24) is 25.0 Å². The molecule has 0 fully saturated rings. The molecule has 5 rings (SSSR count). The summed E-state index contributed by atoms with van der Waals surface area (Å²) in [7, 11) is 0. The number of nitrogens with zero attached hydrogens (tertiary/aromatic N) is 5. The van der Waals surface area contributed by atoms with Crippen molar-refractivity contribution in [1.29, 1.82) is 0 Å². The molecule has 1 N–H and O–H groups in total. The van der Waals surface area contributed by atoms with Crippen LogP contribution in [0.1, 0.15) is 16.2 Å². The molecule has 0 spiro atoms. The van der Waals surface area contributed by atoms with Gasteiger partial charge in [-0.2, -0.15) is 0 Å². The molecular formula is C22H17BrN6O3S. The lowest BCUT2D eigenvalue weighted by Gasteiger charge is -2.18. The van der Waals surface area contributed by atoms with E-state index in [4.69, 9.17) is 9.47 Å². The summed E-state index contributed by atoms with van der Waals surface area (Å²) in [6, 6.07) is 14.6. The second kappa shape index (κ2) is 9.59. The molecule has 0 aliphatic carbocycles. The van der Waals surface area contributed by atoms with E-state index in [1.165, 1.54) is 11.8 Å². The van der Waals surface area contributed by atoms with Gasteiger partial charge in [0.15, 0.2) is 22.3 Å². The average Bonchev–Trinajstić information content (AvgIpc) is 3.28. The van der Waals surface area contributed by atoms with E-state index >= 15 is 0 Å². The Hall–Kier alpha value is -3.44. The van der Waals surface area contributed by atoms with Crippen LogP contribution in [0.15, 0.2) is 70.6 Å². The van der Waals surface area contributed by atoms with Gasteiger partial charge in [-0.25, -0.2) is 14.6 Å². The van der Waals surface area contributed by atoms with E-state index in [2.05, 4.69) is 41.5 Å². The number of benzene rings is 2. The summed E-state index contributed by atoms with van der Waals surface area (Å²) >= 11 is 4.84. The Kier molecular flexibility index (Phi) is 6.22. The molecule has 1 amide bonds. The average molecular weight is 525 g/mol. The fourth-order valence-electron chi connectivity index (χ4n) is 3.20. The number of carbonyl (C=O) groups excluding carboxylic acids is 1. The van der Waals surface area contributed by atoms with E-state index in [9.17, 15) is 4.79 Å². The first-order valence-electron chi connectivity index (χ1n) is 9.99. The lowest BCUT2D eigenvalue weighted by molar-refractivity contribution is 0.102. The highest BCUT2D eigenvalue weighted by molar-refractivity contribution is 9.10. The molecule has 33 heavy (non-hydrogen) atoms. The van der Waals surface area contributed by atoms with Gasteiger partial charge < -0.3 is 14.8 Å². The summed E-state index contributed by atoms with van der Waals surface area (Å²) in [5.74, 6) is 1.27. The number of nitrogens with one attached hydrogen (secondary N) is 1. The van der Waals surface area contributed by atoms with Crippen molar-refractivity contribution in [2.75, 3.05) is 18.5 Å². The second-order valence-electron chi connectivity index (χ2n) is 6.91. The van der Waals surface area contributed by atoms with Crippen molar-refractivity contribution in [3.63, 3.8) is 0 Å². The van der Waals surface area contributed by atoms with Gasteiger partial charge in [0.25, 0.3) is 5.91 Å². The fourth-order valence-corrected chi connectivity index (χ4v) is 4.26. The lowest BCUT2D eigenvalue weighted by atomic mass is 10.2. The third kappa shape index (κ3) is 4.83. The zero-order chi connectivity index (χ0) is 22.6. The molecule has 0 unspecified atom stereocenters. The van der Waals surface area contributed by atoms with Gasteiger partial charge in [-0.05, 0) is 42.5 Å². The summed E-state index contributed by atoms with van der Waals surface area (Å²) in [5, 5.41) is 11.9. The van der Waals surface area contributed by atoms with Crippen LogP contribution >= 0.6 is 27.7 Å². The number of halogens is 1. The summed E-state index contributed by atoms with van der Waals surface area (Å²) in [6.07, 6.45) is 3.35. The number of ether oxygens (including phenoxy) is 2. The maximum atomic E-state index is 13.2. The lowest BCUT2D eigenvalue weighted by Crippen LogP contribution is -2.17. The first-order valence-corrected chi connectivity index (χ1v) is 11.8. The quantitative estimate of drug-likeness (QED) is 0.296. The van der Waals surface area contributed by atoms with E-state index in [-0.39, 0.29) is 11.6 Å². The standard InChI is InChI=1S/C22H17BrN6O3S/c23-14-2-5-16(6-3-14)29-17(13-33-22-24-8-1-9-25-22)20(27-28-29)21(30)26-15-4-7-18-19(12-15)32-11-10-31-18/h1-9,12H,10-11,13H2,(H,26,30). The van der Waals surface area contributed by atoms with Gasteiger partial charge in [0.1, 0.15) is 13.2 Å². The summed E-state index contributed by atoms with van der Waals surface area (Å²) in [4.78, 5) is 21.7. The van der Waals surface area contributed by atoms with E-state index in [1.807, 2.05) is 24.3 Å². The molecular weight excluding hydrogens is 508 g/mol. The minimum atomic E-state index is -0.375. The third-order valence-corrected chi connectivity index (χ3v) is 6.15. The minimum absolute atomic E-state index is 0.219. The first-order chi connectivity index (χ1) is 16.2. The molecule has 2 aromatic carbocycles. The molecule has 0 saturated carbocycles. The summed E-state index contributed by atoms with van der Waals surface area (Å²) in [6.45, 7) is 0.971. The number of aromatic nitrogens is 5. The highest BCUT2D eigenvalue weighted by Crippen LogP contribution is 2.33. The Morgan fingerprint density at radius 3 is 2.61 bits per heavy atom. The van der Waals surface area contributed by atoms with Gasteiger partial charge in [-0.3, -0.25) is 4.79 Å². The SMILES string of the molecule is O=C(Nc1ccc2c(c1)OCCO2)c1nnn(-c2ccc(Br)cc2)c1CSc1ncccn1.